The van der Waals surface area contributed by atoms with E-state index in [1.54, 1.807) is 38.2 Å². The molecule has 3 aromatic rings. The van der Waals surface area contributed by atoms with Crippen molar-refractivity contribution < 1.29 is 19.5 Å². The number of thioether (sulfide) groups is 1. The van der Waals surface area contributed by atoms with Gasteiger partial charge in [0.25, 0.3) is 0 Å². The number of para-hydroxylation sites is 1. The molecule has 6 atom stereocenters. The molecular formula is C32H34N6O4S. The maximum atomic E-state index is 14.8. The van der Waals surface area contributed by atoms with Crippen molar-refractivity contribution >= 4 is 40.5 Å². The molecule has 43 heavy (non-hydrogen) atoms. The number of carbonyl (C=O) groups is 3. The van der Waals surface area contributed by atoms with Crippen molar-refractivity contribution in [2.45, 2.75) is 41.6 Å². The molecule has 5 heterocycles. The van der Waals surface area contributed by atoms with Gasteiger partial charge < -0.3 is 19.8 Å². The van der Waals surface area contributed by atoms with Gasteiger partial charge in [-0.25, -0.2) is 4.68 Å². The number of benzene rings is 2. The molecular weight excluding hydrogens is 564 g/mol. The zero-order valence-electron chi connectivity index (χ0n) is 24.1. The first-order chi connectivity index (χ1) is 20.8. The normalized spacial score (nSPS) is 30.8. The molecule has 1 unspecified atom stereocenters. The average molecular weight is 599 g/mol. The topological polar surface area (TPSA) is 112 Å². The lowest BCUT2D eigenvalue weighted by atomic mass is 9.74. The molecule has 0 bridgehead atoms. The Balaban J connectivity index is 1.34. The van der Waals surface area contributed by atoms with Gasteiger partial charge in [0, 0.05) is 24.9 Å². The maximum Gasteiger partial charge on any atom is 0.248 e. The van der Waals surface area contributed by atoms with Crippen LogP contribution in [0.5, 0.6) is 0 Å². The van der Waals surface area contributed by atoms with Crippen LogP contribution in [0.2, 0.25) is 0 Å². The smallest absolute Gasteiger partial charge is 0.248 e. The van der Waals surface area contributed by atoms with E-state index in [1.165, 1.54) is 0 Å². The molecule has 222 valence electrons. The first kappa shape index (κ1) is 27.8. The summed E-state index contributed by atoms with van der Waals surface area (Å²) in [5, 5.41) is 19.3. The summed E-state index contributed by atoms with van der Waals surface area (Å²) in [6, 6.07) is 15.7. The van der Waals surface area contributed by atoms with Crippen LogP contribution in [0.4, 0.5) is 0 Å². The highest BCUT2D eigenvalue weighted by molar-refractivity contribution is 8.02. The fourth-order valence-electron chi connectivity index (χ4n) is 7.47. The molecule has 7 rings (SSSR count). The van der Waals surface area contributed by atoms with Crippen LogP contribution in [0.3, 0.4) is 0 Å². The molecule has 2 aromatic carbocycles. The molecule has 3 amide bonds. The molecule has 0 saturated carbocycles. The van der Waals surface area contributed by atoms with E-state index >= 15 is 0 Å². The van der Waals surface area contributed by atoms with E-state index in [1.807, 2.05) is 85.8 Å². The number of aliphatic hydroxyl groups is 1. The number of hydrogen-bond acceptors (Lipinski definition) is 7. The van der Waals surface area contributed by atoms with E-state index in [0.29, 0.717) is 19.5 Å². The minimum absolute atomic E-state index is 0.101. The van der Waals surface area contributed by atoms with Gasteiger partial charge in [-0.1, -0.05) is 72.0 Å². The Morgan fingerprint density at radius 1 is 0.953 bits per heavy atom. The summed E-state index contributed by atoms with van der Waals surface area (Å²) in [4.78, 5) is 48.4. The van der Waals surface area contributed by atoms with Crippen LogP contribution in [0.25, 0.3) is 11.0 Å². The molecule has 1 N–H and O–H groups in total. The number of nitrogens with zero attached hydrogens (tertiary/aromatic N) is 6. The number of rotatable bonds is 6. The minimum Gasteiger partial charge on any atom is -0.394 e. The molecule has 2 fully saturated rings. The summed E-state index contributed by atoms with van der Waals surface area (Å²) in [5.41, 5.74) is 2.48. The molecule has 11 heteroatoms. The van der Waals surface area contributed by atoms with Crippen molar-refractivity contribution in [2.75, 3.05) is 26.7 Å². The molecule has 0 radical (unpaired) electrons. The second kappa shape index (κ2) is 10.3. The third kappa shape index (κ3) is 4.23. The highest BCUT2D eigenvalue weighted by atomic mass is 32.2. The van der Waals surface area contributed by atoms with E-state index in [0.717, 1.165) is 16.6 Å². The predicted molar refractivity (Wildman–Crippen MR) is 163 cm³/mol. The van der Waals surface area contributed by atoms with Gasteiger partial charge in [-0.2, -0.15) is 0 Å². The number of amides is 3. The summed E-state index contributed by atoms with van der Waals surface area (Å²) in [7, 11) is 1.76. The van der Waals surface area contributed by atoms with Gasteiger partial charge in [-0.15, -0.1) is 16.9 Å². The fourth-order valence-corrected chi connectivity index (χ4v) is 9.61. The van der Waals surface area contributed by atoms with Crippen LogP contribution < -0.4 is 0 Å². The Bertz CT molecular complexity index is 1660. The van der Waals surface area contributed by atoms with Gasteiger partial charge in [0.15, 0.2) is 0 Å². The average Bonchev–Trinajstić information content (AvgIpc) is 3.54. The number of aliphatic hydroxyl groups excluding tert-OH is 1. The van der Waals surface area contributed by atoms with Crippen LogP contribution >= 0.6 is 11.8 Å². The number of likely N-dealkylation sites (N-methyl/N-ethyl adjacent to an activating group) is 1. The van der Waals surface area contributed by atoms with Crippen LogP contribution in [-0.2, 0) is 27.5 Å². The Labute approximate surface area is 254 Å². The molecule has 1 aromatic heterocycles. The lowest BCUT2D eigenvalue weighted by Crippen LogP contribution is -2.57. The molecule has 4 aliphatic heterocycles. The molecule has 0 aliphatic carbocycles. The first-order valence-corrected chi connectivity index (χ1v) is 15.4. The number of hydrogen-bond donors (Lipinski definition) is 1. The SMILES string of the molecule is CN1CC=C[C@@]2(C)S[C@]34C=CCN(Cn5nnc6ccccc65)C(=O)C3N([C@@H](CO)Cc3ccccc3)C(=O)[C@@H]4[C@H]2C1=O. The van der Waals surface area contributed by atoms with Crippen LogP contribution in [-0.4, -0.2) is 101 Å². The zero-order chi connectivity index (χ0) is 29.9. The summed E-state index contributed by atoms with van der Waals surface area (Å²) in [6.07, 6.45) is 8.36. The second-order valence-electron chi connectivity index (χ2n) is 12.1. The van der Waals surface area contributed by atoms with E-state index in [4.69, 9.17) is 0 Å². The third-order valence-electron chi connectivity index (χ3n) is 9.42. The second-order valence-corrected chi connectivity index (χ2v) is 13.9. The van der Waals surface area contributed by atoms with Gasteiger partial charge in [0.1, 0.15) is 18.2 Å². The Morgan fingerprint density at radius 2 is 1.70 bits per heavy atom. The van der Waals surface area contributed by atoms with Gasteiger partial charge in [0.2, 0.25) is 17.7 Å². The lowest BCUT2D eigenvalue weighted by Gasteiger charge is -2.39. The van der Waals surface area contributed by atoms with Crippen LogP contribution in [0.15, 0.2) is 78.9 Å². The number of carbonyl (C=O) groups excluding carboxylic acids is 3. The van der Waals surface area contributed by atoms with Gasteiger partial charge in [-0.3, -0.25) is 14.4 Å². The van der Waals surface area contributed by atoms with Gasteiger partial charge in [-0.05, 0) is 31.0 Å². The molecule has 2 saturated heterocycles. The summed E-state index contributed by atoms with van der Waals surface area (Å²) >= 11 is 1.54. The highest BCUT2D eigenvalue weighted by Gasteiger charge is 2.74. The van der Waals surface area contributed by atoms with Crippen LogP contribution in [0, 0.1) is 11.8 Å². The van der Waals surface area contributed by atoms with Gasteiger partial charge in [0.05, 0.1) is 34.7 Å². The fraction of sp³-hybridized carbons (Fsp3) is 0.406. The Morgan fingerprint density at radius 3 is 2.49 bits per heavy atom. The van der Waals surface area contributed by atoms with E-state index in [-0.39, 0.29) is 31.0 Å². The van der Waals surface area contributed by atoms with Crippen molar-refractivity contribution in [3.05, 3.63) is 84.5 Å². The molecule has 10 nitrogen and oxygen atoms in total. The quantitative estimate of drug-likeness (QED) is 0.433. The predicted octanol–water partition coefficient (Wildman–Crippen LogP) is 2.11. The van der Waals surface area contributed by atoms with Crippen molar-refractivity contribution in [2.24, 2.45) is 11.8 Å². The molecule has 4 aliphatic rings. The molecule has 1 spiro atoms. The first-order valence-electron chi connectivity index (χ1n) is 14.6. The van der Waals surface area contributed by atoms with Crippen molar-refractivity contribution in [3.63, 3.8) is 0 Å². The summed E-state index contributed by atoms with van der Waals surface area (Å²) in [5.74, 6) is -2.01. The van der Waals surface area contributed by atoms with E-state index in [9.17, 15) is 19.5 Å². The van der Waals surface area contributed by atoms with Crippen molar-refractivity contribution in [1.29, 1.82) is 0 Å². The lowest BCUT2D eigenvalue weighted by molar-refractivity contribution is -0.147. The highest BCUT2D eigenvalue weighted by Crippen LogP contribution is 2.65. The van der Waals surface area contributed by atoms with Crippen molar-refractivity contribution in [3.8, 4) is 0 Å². The summed E-state index contributed by atoms with van der Waals surface area (Å²) in [6.45, 7) is 2.62. The van der Waals surface area contributed by atoms with Crippen molar-refractivity contribution in [1.82, 2.24) is 29.7 Å². The summed E-state index contributed by atoms with van der Waals surface area (Å²) < 4.78 is 0.0248. The van der Waals surface area contributed by atoms with Gasteiger partial charge >= 0.3 is 0 Å². The van der Waals surface area contributed by atoms with E-state index in [2.05, 4.69) is 10.3 Å². The number of aromatic nitrogens is 3. The van der Waals surface area contributed by atoms with E-state index < -0.39 is 33.4 Å². The Hall–Kier alpha value is -3.96. The number of fused-ring (bicyclic) bond motifs is 3. The zero-order valence-corrected chi connectivity index (χ0v) is 24.9. The largest absolute Gasteiger partial charge is 0.394 e. The minimum atomic E-state index is -0.991. The Kier molecular flexibility index (Phi) is 6.70. The van der Waals surface area contributed by atoms with Crippen LogP contribution in [0.1, 0.15) is 12.5 Å². The maximum absolute atomic E-state index is 14.8. The standard InChI is InChI=1S/C32H34N6O4S/c1-31-14-8-16-35(2)28(40)25(31)26-29(41)38(22(19-39)18-21-10-4-3-5-11-21)27-30(42)36(17-9-15-32(26,27)43-31)20-37-24-13-7-6-12-23(24)33-34-37/h3-15,22,25-27,39H,16-20H2,1-2H3/t22-,25+,26+,27?,31-,32+/m1/s1. The number of likely N-dealkylation sites (tertiary alicyclic amines) is 1. The third-order valence-corrected chi connectivity index (χ3v) is 11.2. The monoisotopic (exact) mass is 598 g/mol.